The van der Waals surface area contributed by atoms with Crippen molar-refractivity contribution in [3.63, 3.8) is 0 Å². The van der Waals surface area contributed by atoms with Gasteiger partial charge in [0.25, 0.3) is 0 Å². The van der Waals surface area contributed by atoms with Crippen molar-refractivity contribution in [3.05, 3.63) is 11.9 Å². The van der Waals surface area contributed by atoms with E-state index in [4.69, 9.17) is 15.5 Å². The summed E-state index contributed by atoms with van der Waals surface area (Å²) in [5.41, 5.74) is 7.16. The predicted octanol–water partition coefficient (Wildman–Crippen LogP) is 1.80. The van der Waals surface area contributed by atoms with Crippen molar-refractivity contribution >= 4 is 5.95 Å². The zero-order valence-electron chi connectivity index (χ0n) is 12.8. The lowest BCUT2D eigenvalue weighted by atomic mass is 10.1. The molecule has 1 aromatic rings. The van der Waals surface area contributed by atoms with E-state index >= 15 is 0 Å². The van der Waals surface area contributed by atoms with E-state index in [1.165, 1.54) is 5.69 Å². The Morgan fingerprint density at radius 1 is 1.35 bits per heavy atom. The zero-order valence-corrected chi connectivity index (χ0v) is 12.8. The summed E-state index contributed by atoms with van der Waals surface area (Å²) in [5.74, 6) is 1.12. The van der Waals surface area contributed by atoms with Gasteiger partial charge in [-0.3, -0.25) is 0 Å². The minimum absolute atomic E-state index is 0.360. The van der Waals surface area contributed by atoms with Crippen molar-refractivity contribution in [1.82, 2.24) is 9.55 Å². The monoisotopic (exact) mass is 280 g/mol. The van der Waals surface area contributed by atoms with Gasteiger partial charge in [-0.25, -0.2) is 4.98 Å². The third kappa shape index (κ3) is 3.96. The molecule has 2 rings (SSSR count). The number of aromatic nitrogens is 2. The number of hydrogen-bond donors (Lipinski definition) is 1. The van der Waals surface area contributed by atoms with Crippen LogP contribution in [0.2, 0.25) is 0 Å². The van der Waals surface area contributed by atoms with Gasteiger partial charge < -0.3 is 19.9 Å². The van der Waals surface area contributed by atoms with E-state index in [-0.39, 0.29) is 0 Å². The number of aryl methyl sites for hydroxylation is 2. The highest BCUT2D eigenvalue weighted by Gasteiger charge is 2.20. The quantitative estimate of drug-likeness (QED) is 0.774. The number of piperidine rings is 1. The fourth-order valence-electron chi connectivity index (χ4n) is 2.63. The van der Waals surface area contributed by atoms with Crippen molar-refractivity contribution in [1.29, 1.82) is 0 Å². The largest absolute Gasteiger partial charge is 0.382 e. The van der Waals surface area contributed by atoms with Crippen LogP contribution < -0.4 is 10.6 Å². The topological polar surface area (TPSA) is 56.3 Å². The van der Waals surface area contributed by atoms with Gasteiger partial charge in [0.15, 0.2) is 0 Å². The number of nitrogens with two attached hydrogens (primary N) is 1. The molecule has 0 amide bonds. The molecule has 5 nitrogen and oxygen atoms in total. The molecule has 1 aliphatic heterocycles. The normalized spacial score (nSPS) is 16.9. The lowest BCUT2D eigenvalue weighted by Gasteiger charge is -2.31. The molecule has 0 saturated carbocycles. The first-order valence-corrected chi connectivity index (χ1v) is 7.88. The number of rotatable bonds is 7. The highest BCUT2D eigenvalue weighted by Crippen LogP contribution is 2.20. The highest BCUT2D eigenvalue weighted by atomic mass is 16.5. The summed E-state index contributed by atoms with van der Waals surface area (Å²) in [6.07, 6.45) is 6.34. The fourth-order valence-corrected chi connectivity index (χ4v) is 2.63. The second kappa shape index (κ2) is 7.64. The zero-order chi connectivity index (χ0) is 14.4. The molecule has 5 heteroatoms. The first kappa shape index (κ1) is 15.3. The first-order valence-electron chi connectivity index (χ1n) is 7.88. The second-order valence-corrected chi connectivity index (χ2v) is 5.45. The van der Waals surface area contributed by atoms with Crippen LogP contribution in [0, 0.1) is 0 Å². The molecule has 0 atom stereocenters. The second-order valence-electron chi connectivity index (χ2n) is 5.45. The third-order valence-corrected chi connectivity index (χ3v) is 3.88. The Labute approximate surface area is 122 Å². The highest BCUT2D eigenvalue weighted by molar-refractivity contribution is 5.34. The van der Waals surface area contributed by atoms with Gasteiger partial charge in [-0.1, -0.05) is 6.92 Å². The van der Waals surface area contributed by atoms with E-state index in [1.807, 2.05) is 6.92 Å². The van der Waals surface area contributed by atoms with Gasteiger partial charge in [0.05, 0.1) is 5.69 Å². The smallest absolute Gasteiger partial charge is 0.205 e. The minimum Gasteiger partial charge on any atom is -0.382 e. The molecule has 0 aromatic carbocycles. The molecular weight excluding hydrogens is 252 g/mol. The van der Waals surface area contributed by atoms with Crippen LogP contribution in [0.4, 0.5) is 5.95 Å². The Hall–Kier alpha value is -1.07. The molecule has 2 N–H and O–H groups in total. The average molecular weight is 280 g/mol. The van der Waals surface area contributed by atoms with E-state index < -0.39 is 0 Å². The van der Waals surface area contributed by atoms with Gasteiger partial charge in [-0.2, -0.15) is 0 Å². The van der Waals surface area contributed by atoms with Crippen molar-refractivity contribution in [2.45, 2.75) is 52.1 Å². The summed E-state index contributed by atoms with van der Waals surface area (Å²) in [7, 11) is 0. The molecule has 1 fully saturated rings. The van der Waals surface area contributed by atoms with Crippen LogP contribution >= 0.6 is 0 Å². The Morgan fingerprint density at radius 3 is 2.75 bits per heavy atom. The van der Waals surface area contributed by atoms with Gasteiger partial charge in [0.2, 0.25) is 5.95 Å². The van der Waals surface area contributed by atoms with Gasteiger partial charge in [-0.05, 0) is 32.6 Å². The minimum atomic E-state index is 0.360. The summed E-state index contributed by atoms with van der Waals surface area (Å²) in [6.45, 7) is 8.82. The van der Waals surface area contributed by atoms with Crippen molar-refractivity contribution in [2.75, 3.05) is 31.2 Å². The van der Waals surface area contributed by atoms with Crippen LogP contribution in [0.25, 0.3) is 0 Å². The maximum absolute atomic E-state index is 5.99. The van der Waals surface area contributed by atoms with E-state index in [9.17, 15) is 0 Å². The lowest BCUT2D eigenvalue weighted by molar-refractivity contribution is 0.141. The number of hydrogen-bond acceptors (Lipinski definition) is 4. The van der Waals surface area contributed by atoms with Crippen LogP contribution in [-0.4, -0.2) is 41.9 Å². The molecule has 0 unspecified atom stereocenters. The van der Waals surface area contributed by atoms with Crippen LogP contribution in [-0.2, 0) is 17.7 Å². The summed E-state index contributed by atoms with van der Waals surface area (Å²) in [5, 5.41) is 0. The van der Waals surface area contributed by atoms with Crippen LogP contribution in [0.1, 0.15) is 38.8 Å². The van der Waals surface area contributed by atoms with Crippen LogP contribution in [0.15, 0.2) is 6.20 Å². The van der Waals surface area contributed by atoms with Crippen molar-refractivity contribution in [3.8, 4) is 0 Å². The van der Waals surface area contributed by atoms with Crippen LogP contribution in [0.5, 0.6) is 0 Å². The van der Waals surface area contributed by atoms with Gasteiger partial charge >= 0.3 is 0 Å². The van der Waals surface area contributed by atoms with Crippen LogP contribution in [0.3, 0.4) is 0 Å². The molecule has 20 heavy (non-hydrogen) atoms. The molecule has 0 radical (unpaired) electrons. The maximum atomic E-state index is 5.99. The number of imidazole rings is 1. The maximum Gasteiger partial charge on any atom is 0.205 e. The number of nitrogens with zero attached hydrogens (tertiary/aromatic N) is 3. The van der Waals surface area contributed by atoms with Gasteiger partial charge in [0.1, 0.15) is 0 Å². The SMILES string of the molecule is CCOCCCn1cc(CC)nc1N1CCC(N)CC1. The molecule has 1 aromatic heterocycles. The molecule has 1 saturated heterocycles. The Bertz CT molecular complexity index is 397. The Kier molecular flexibility index (Phi) is 5.86. The van der Waals surface area contributed by atoms with E-state index in [0.717, 1.165) is 64.5 Å². The first-order chi connectivity index (χ1) is 9.74. The van der Waals surface area contributed by atoms with Gasteiger partial charge in [0, 0.05) is 45.1 Å². The molecular formula is C15H28N4O. The summed E-state index contributed by atoms with van der Waals surface area (Å²) in [4.78, 5) is 7.16. The standard InChI is InChI=1S/C15H28N4O/c1-3-14-12-19(8-5-11-20-4-2)15(17-14)18-9-6-13(16)7-10-18/h12-13H,3-11,16H2,1-2H3. The number of ether oxygens (including phenoxy) is 1. The average Bonchev–Trinajstić information content (AvgIpc) is 2.88. The van der Waals surface area contributed by atoms with E-state index in [1.54, 1.807) is 0 Å². The Morgan fingerprint density at radius 2 is 2.10 bits per heavy atom. The van der Waals surface area contributed by atoms with E-state index in [2.05, 4.69) is 22.6 Å². The molecule has 1 aliphatic rings. The predicted molar refractivity (Wildman–Crippen MR) is 82.1 cm³/mol. The number of anilines is 1. The van der Waals surface area contributed by atoms with Crippen molar-refractivity contribution < 1.29 is 4.74 Å². The fraction of sp³-hybridized carbons (Fsp3) is 0.800. The molecule has 0 spiro atoms. The molecule has 0 bridgehead atoms. The molecule has 2 heterocycles. The molecule has 114 valence electrons. The third-order valence-electron chi connectivity index (χ3n) is 3.88. The summed E-state index contributed by atoms with van der Waals surface area (Å²) in [6, 6.07) is 0.360. The lowest BCUT2D eigenvalue weighted by Crippen LogP contribution is -2.40. The van der Waals surface area contributed by atoms with E-state index in [0.29, 0.717) is 6.04 Å². The van der Waals surface area contributed by atoms with Gasteiger partial charge in [-0.15, -0.1) is 0 Å². The molecule has 0 aliphatic carbocycles. The summed E-state index contributed by atoms with van der Waals surface area (Å²) >= 11 is 0. The summed E-state index contributed by atoms with van der Waals surface area (Å²) < 4.78 is 7.71. The Balaban J connectivity index is 2.00. The van der Waals surface area contributed by atoms with Crippen molar-refractivity contribution in [2.24, 2.45) is 5.73 Å².